The van der Waals surface area contributed by atoms with Gasteiger partial charge < -0.3 is 16.2 Å². The molecule has 10 heteroatoms. The van der Waals surface area contributed by atoms with Gasteiger partial charge in [-0.3, -0.25) is 19.3 Å². The van der Waals surface area contributed by atoms with Crippen molar-refractivity contribution in [2.45, 2.75) is 37.2 Å². The molecule has 0 saturated carbocycles. The summed E-state index contributed by atoms with van der Waals surface area (Å²) < 4.78 is 0. The minimum absolute atomic E-state index is 0.0943. The van der Waals surface area contributed by atoms with E-state index in [4.69, 9.17) is 5.73 Å². The lowest BCUT2D eigenvalue weighted by Gasteiger charge is -2.57. The Bertz CT molecular complexity index is 920. The lowest BCUT2D eigenvalue weighted by molar-refractivity contribution is -0.159. The number of carboxylic acid groups (broad SMARTS) is 1. The van der Waals surface area contributed by atoms with Gasteiger partial charge in [0.15, 0.2) is 5.12 Å². The van der Waals surface area contributed by atoms with Crippen molar-refractivity contribution < 1.29 is 24.3 Å². The Labute approximate surface area is 182 Å². The maximum atomic E-state index is 13.1. The van der Waals surface area contributed by atoms with E-state index in [0.717, 1.165) is 11.8 Å². The Morgan fingerprint density at radius 3 is 2.60 bits per heavy atom. The van der Waals surface area contributed by atoms with Crippen LogP contribution >= 0.6 is 23.5 Å². The number of carbonyl (C=O) groups is 4. The summed E-state index contributed by atoms with van der Waals surface area (Å²) in [4.78, 5) is 50.3. The van der Waals surface area contributed by atoms with Crippen molar-refractivity contribution in [3.05, 3.63) is 47.2 Å². The number of nitrogens with zero attached hydrogens (tertiary/aromatic N) is 1. The fourth-order valence-corrected chi connectivity index (χ4v) is 5.93. The van der Waals surface area contributed by atoms with Crippen molar-refractivity contribution in [2.24, 2.45) is 5.73 Å². The first-order chi connectivity index (χ1) is 14.2. The van der Waals surface area contributed by atoms with Crippen LogP contribution in [-0.2, 0) is 19.2 Å². The molecule has 1 aromatic rings. The molecule has 1 aromatic carbocycles. The number of thioether (sulfide) groups is 2. The lowest BCUT2D eigenvalue weighted by Crippen LogP contribution is -2.80. The first-order valence-corrected chi connectivity index (χ1v) is 11.4. The molecule has 3 atom stereocenters. The van der Waals surface area contributed by atoms with Crippen molar-refractivity contribution >= 4 is 46.4 Å². The first-order valence-electron chi connectivity index (χ1n) is 9.39. The van der Waals surface area contributed by atoms with E-state index in [1.54, 1.807) is 31.2 Å². The smallest absolute Gasteiger partial charge is 0.352 e. The van der Waals surface area contributed by atoms with E-state index in [1.165, 1.54) is 23.6 Å². The van der Waals surface area contributed by atoms with Crippen LogP contribution in [-0.4, -0.2) is 55.3 Å². The van der Waals surface area contributed by atoms with Gasteiger partial charge in [0.05, 0.1) is 0 Å². The van der Waals surface area contributed by atoms with E-state index in [0.29, 0.717) is 23.3 Å². The topological polar surface area (TPSA) is 130 Å². The van der Waals surface area contributed by atoms with Crippen LogP contribution < -0.4 is 11.1 Å². The first kappa shape index (κ1) is 22.4. The van der Waals surface area contributed by atoms with Crippen molar-refractivity contribution in [1.82, 2.24) is 10.2 Å². The summed E-state index contributed by atoms with van der Waals surface area (Å²) in [5.41, 5.74) is 5.91. The molecular formula is C20H23N3O5S2. The number of carboxylic acids is 1. The number of benzene rings is 1. The molecule has 0 aromatic heterocycles. The van der Waals surface area contributed by atoms with Gasteiger partial charge in [-0.25, -0.2) is 4.79 Å². The molecule has 8 nitrogen and oxygen atoms in total. The molecule has 2 amide bonds. The molecule has 2 heterocycles. The fourth-order valence-electron chi connectivity index (χ4n) is 3.63. The second kappa shape index (κ2) is 8.83. The largest absolute Gasteiger partial charge is 0.477 e. The van der Waals surface area contributed by atoms with E-state index in [9.17, 15) is 24.3 Å². The number of hydrogen-bond donors (Lipinski definition) is 3. The van der Waals surface area contributed by atoms with Gasteiger partial charge in [-0.15, -0.1) is 11.8 Å². The quantitative estimate of drug-likeness (QED) is 0.534. The minimum Gasteiger partial charge on any atom is -0.477 e. The van der Waals surface area contributed by atoms with Gasteiger partial charge in [0.25, 0.3) is 5.91 Å². The van der Waals surface area contributed by atoms with Gasteiger partial charge in [0, 0.05) is 18.4 Å². The Hall–Kier alpha value is -2.30. The zero-order valence-electron chi connectivity index (χ0n) is 16.6. The van der Waals surface area contributed by atoms with Crippen molar-refractivity contribution in [3.63, 3.8) is 0 Å². The molecule has 160 valence electrons. The highest BCUT2D eigenvalue weighted by Gasteiger charge is 2.64. The summed E-state index contributed by atoms with van der Waals surface area (Å²) in [5, 5.41) is 11.8. The summed E-state index contributed by atoms with van der Waals surface area (Å²) in [6.45, 7) is 3.18. The van der Waals surface area contributed by atoms with Crippen molar-refractivity contribution in [3.8, 4) is 0 Å². The average molecular weight is 450 g/mol. The van der Waals surface area contributed by atoms with Crippen LogP contribution in [0.5, 0.6) is 0 Å². The molecule has 30 heavy (non-hydrogen) atoms. The monoisotopic (exact) mass is 449 g/mol. The Balaban J connectivity index is 1.84. The van der Waals surface area contributed by atoms with Gasteiger partial charge in [-0.05, 0) is 17.6 Å². The predicted molar refractivity (Wildman–Crippen MR) is 115 cm³/mol. The van der Waals surface area contributed by atoms with E-state index in [2.05, 4.69) is 5.32 Å². The molecule has 3 rings (SSSR count). The van der Waals surface area contributed by atoms with E-state index >= 15 is 0 Å². The van der Waals surface area contributed by atoms with Gasteiger partial charge in [0.1, 0.15) is 22.7 Å². The van der Waals surface area contributed by atoms with Gasteiger partial charge >= 0.3 is 5.97 Å². The summed E-state index contributed by atoms with van der Waals surface area (Å²) in [7, 11) is 0. The van der Waals surface area contributed by atoms with Crippen molar-refractivity contribution in [1.29, 1.82) is 0 Å². The highest BCUT2D eigenvalue weighted by Crippen LogP contribution is 2.48. The molecule has 1 unspecified atom stereocenters. The van der Waals surface area contributed by atoms with Crippen LogP contribution in [0.4, 0.5) is 0 Å². The number of carbonyl (C=O) groups excluding carboxylic acids is 3. The number of fused-ring (bicyclic) bond motifs is 1. The maximum Gasteiger partial charge on any atom is 0.352 e. The number of hydrogen-bond acceptors (Lipinski definition) is 7. The molecule has 4 N–H and O–H groups in total. The summed E-state index contributed by atoms with van der Waals surface area (Å²) in [6.07, 6.45) is 0.303. The molecule has 2 aliphatic rings. The fraction of sp³-hybridized carbons (Fsp3) is 0.400. The van der Waals surface area contributed by atoms with Crippen LogP contribution in [0.1, 0.15) is 31.9 Å². The third-order valence-electron chi connectivity index (χ3n) is 5.25. The van der Waals surface area contributed by atoms with Gasteiger partial charge in [-0.1, -0.05) is 49.0 Å². The lowest BCUT2D eigenvalue weighted by atomic mass is 9.83. The number of rotatable bonds is 7. The number of β-lactam (4-membered cyclic amide) rings is 1. The number of amides is 2. The normalized spacial score (nSPS) is 24.0. The van der Waals surface area contributed by atoms with Crippen LogP contribution in [0.2, 0.25) is 0 Å². The van der Waals surface area contributed by atoms with Crippen molar-refractivity contribution in [2.75, 3.05) is 11.5 Å². The average Bonchev–Trinajstić information content (AvgIpc) is 2.74. The highest BCUT2D eigenvalue weighted by atomic mass is 32.2. The molecule has 1 saturated heterocycles. The van der Waals surface area contributed by atoms with Crippen LogP contribution in [0, 0.1) is 0 Å². The minimum atomic E-state index is -1.22. The highest BCUT2D eigenvalue weighted by molar-refractivity contribution is 8.13. The number of nitrogens with two attached hydrogens (primary N) is 1. The summed E-state index contributed by atoms with van der Waals surface area (Å²) >= 11 is 2.39. The second-order valence-electron chi connectivity index (χ2n) is 7.08. The van der Waals surface area contributed by atoms with E-state index in [-0.39, 0.29) is 16.6 Å². The molecule has 2 aliphatic heterocycles. The van der Waals surface area contributed by atoms with Gasteiger partial charge in [0.2, 0.25) is 5.91 Å². The third-order valence-corrected chi connectivity index (χ3v) is 7.59. The Morgan fingerprint density at radius 1 is 1.37 bits per heavy atom. The molecule has 0 radical (unpaired) electrons. The van der Waals surface area contributed by atoms with Gasteiger partial charge in [-0.2, -0.15) is 0 Å². The van der Waals surface area contributed by atoms with Crippen LogP contribution in [0.25, 0.3) is 0 Å². The molecule has 1 fully saturated rings. The molecule has 0 aliphatic carbocycles. The molecular weight excluding hydrogens is 426 g/mol. The molecule has 0 bridgehead atoms. The molecule has 0 spiro atoms. The van der Waals surface area contributed by atoms with Crippen LogP contribution in [0.3, 0.4) is 0 Å². The standard InChI is InChI=1S/C20H23N3O5S2/c1-3-20(22-16(25)14(21)12-7-5-4-6-8-12)18(28)23-15(17(26)27)13(9-29-11(2)24)10-30-19(20)23/h4-8,14,19H,3,9-10,21H2,1-2H3,(H,22,25)(H,26,27)/t14?,19-,20+/m1/s1. The SMILES string of the molecule is CC[C@]1(NC(=O)C(N)c2ccccc2)C(=O)N2C(C(=O)O)=C(CSC(C)=O)CS[C@@H]21. The zero-order chi connectivity index (χ0) is 22.1. The van der Waals surface area contributed by atoms with E-state index in [1.807, 2.05) is 6.07 Å². The zero-order valence-corrected chi connectivity index (χ0v) is 18.2. The predicted octanol–water partition coefficient (Wildman–Crippen LogP) is 1.48. The summed E-state index contributed by atoms with van der Waals surface area (Å²) in [5.74, 6) is -1.61. The number of nitrogens with one attached hydrogen (secondary N) is 1. The number of aliphatic carboxylic acids is 1. The van der Waals surface area contributed by atoms with Crippen LogP contribution in [0.15, 0.2) is 41.6 Å². The summed E-state index contributed by atoms with van der Waals surface area (Å²) in [6, 6.07) is 7.89. The maximum absolute atomic E-state index is 13.1. The second-order valence-corrected chi connectivity index (χ2v) is 9.30. The van der Waals surface area contributed by atoms with E-state index < -0.39 is 34.7 Å². The Morgan fingerprint density at radius 2 is 2.03 bits per heavy atom. The Kier molecular flexibility index (Phi) is 6.59. The third kappa shape index (κ3) is 3.86.